The van der Waals surface area contributed by atoms with Crippen LogP contribution in [-0.4, -0.2) is 39.7 Å². The molecule has 0 bridgehead atoms. The van der Waals surface area contributed by atoms with Crippen molar-refractivity contribution in [1.82, 2.24) is 20.6 Å². The van der Waals surface area contributed by atoms with Gasteiger partial charge in [0.15, 0.2) is 0 Å². The average molecular weight is 287 g/mol. The predicted molar refractivity (Wildman–Crippen MR) is 75.4 cm³/mol. The molecule has 110 valence electrons. The second-order valence-electron chi connectivity index (χ2n) is 5.07. The second-order valence-corrected chi connectivity index (χ2v) is 5.07. The number of carbonyl (C=O) groups is 1. The minimum Gasteiger partial charge on any atom is -0.461 e. The van der Waals surface area contributed by atoms with E-state index in [1.54, 1.807) is 0 Å². The third-order valence-electron chi connectivity index (χ3n) is 3.67. The molecule has 21 heavy (non-hydrogen) atoms. The topological polar surface area (TPSA) is 84.0 Å². The van der Waals surface area contributed by atoms with E-state index < -0.39 is 0 Å². The Bertz CT molecular complexity index is 564. The Balaban J connectivity index is 1.47. The van der Waals surface area contributed by atoms with Gasteiger partial charge in [-0.25, -0.2) is 0 Å². The van der Waals surface area contributed by atoms with Crippen molar-refractivity contribution in [3.63, 3.8) is 0 Å². The van der Waals surface area contributed by atoms with Gasteiger partial charge >= 0.3 is 5.97 Å². The number of hydrogen-bond acceptors (Lipinski definition) is 6. The van der Waals surface area contributed by atoms with Gasteiger partial charge in [-0.3, -0.25) is 4.79 Å². The van der Waals surface area contributed by atoms with Gasteiger partial charge < -0.3 is 9.64 Å². The largest absolute Gasteiger partial charge is 0.461 e. The Hall–Kier alpha value is -2.44. The number of rotatable bonds is 4. The van der Waals surface area contributed by atoms with Gasteiger partial charge in [0.2, 0.25) is 0 Å². The minimum atomic E-state index is -0.119. The Morgan fingerprint density at radius 2 is 2.05 bits per heavy atom. The first kappa shape index (κ1) is 13.5. The summed E-state index contributed by atoms with van der Waals surface area (Å²) < 4.78 is 5.39. The maximum Gasteiger partial charge on any atom is 0.309 e. The molecule has 0 saturated carbocycles. The van der Waals surface area contributed by atoms with Crippen LogP contribution >= 0.6 is 0 Å². The molecule has 1 aromatic heterocycles. The number of aromatic nitrogens is 4. The number of nitrogens with zero attached hydrogens (tertiary/aromatic N) is 4. The standard InChI is InChI=1S/C14H17N5O2/c20-13(21-10-11-4-2-1-3-5-11)12-6-8-19(9-7-12)14-15-17-18-16-14/h1-5,12H,6-10H2,(H,15,16,17,18). The van der Waals surface area contributed by atoms with E-state index in [9.17, 15) is 4.79 Å². The van der Waals surface area contributed by atoms with Crippen LogP contribution in [0.5, 0.6) is 0 Å². The maximum atomic E-state index is 12.1. The van der Waals surface area contributed by atoms with Gasteiger partial charge in [0, 0.05) is 13.1 Å². The number of ether oxygens (including phenoxy) is 1. The summed E-state index contributed by atoms with van der Waals surface area (Å²) in [7, 11) is 0. The van der Waals surface area contributed by atoms with Crippen LogP contribution in [0.3, 0.4) is 0 Å². The van der Waals surface area contributed by atoms with Crippen molar-refractivity contribution in [2.24, 2.45) is 5.92 Å². The fourth-order valence-electron chi connectivity index (χ4n) is 2.45. The van der Waals surface area contributed by atoms with E-state index in [0.717, 1.165) is 31.5 Å². The first-order valence-corrected chi connectivity index (χ1v) is 7.02. The van der Waals surface area contributed by atoms with Gasteiger partial charge in [0.05, 0.1) is 5.92 Å². The highest BCUT2D eigenvalue weighted by Gasteiger charge is 2.27. The summed E-state index contributed by atoms with van der Waals surface area (Å²) >= 11 is 0. The molecule has 0 spiro atoms. The molecule has 2 aromatic rings. The van der Waals surface area contributed by atoms with Crippen LogP contribution < -0.4 is 4.90 Å². The van der Waals surface area contributed by atoms with E-state index in [1.807, 2.05) is 35.2 Å². The van der Waals surface area contributed by atoms with Crippen molar-refractivity contribution >= 4 is 11.9 Å². The lowest BCUT2D eigenvalue weighted by Gasteiger charge is -2.29. The minimum absolute atomic E-state index is 0.0446. The summed E-state index contributed by atoms with van der Waals surface area (Å²) in [5.41, 5.74) is 1.01. The van der Waals surface area contributed by atoms with Crippen molar-refractivity contribution in [3.8, 4) is 0 Å². The maximum absolute atomic E-state index is 12.1. The van der Waals surface area contributed by atoms with Gasteiger partial charge in [-0.1, -0.05) is 35.4 Å². The molecule has 0 aliphatic carbocycles. The molecule has 1 saturated heterocycles. The number of hydrogen-bond donors (Lipinski definition) is 1. The highest BCUT2D eigenvalue weighted by atomic mass is 16.5. The van der Waals surface area contributed by atoms with Crippen molar-refractivity contribution in [2.75, 3.05) is 18.0 Å². The quantitative estimate of drug-likeness (QED) is 0.849. The zero-order valence-corrected chi connectivity index (χ0v) is 11.6. The SMILES string of the molecule is O=C(OCc1ccccc1)C1CCN(c2nn[nH]n2)CC1. The number of tetrazole rings is 1. The lowest BCUT2D eigenvalue weighted by Crippen LogP contribution is -2.37. The van der Waals surface area contributed by atoms with E-state index in [-0.39, 0.29) is 11.9 Å². The van der Waals surface area contributed by atoms with E-state index in [0.29, 0.717) is 12.6 Å². The van der Waals surface area contributed by atoms with E-state index >= 15 is 0 Å². The smallest absolute Gasteiger partial charge is 0.309 e. The Kier molecular flexibility index (Phi) is 4.09. The second kappa shape index (κ2) is 6.34. The lowest BCUT2D eigenvalue weighted by molar-refractivity contribution is -0.150. The summed E-state index contributed by atoms with van der Waals surface area (Å²) in [6, 6.07) is 9.72. The summed E-state index contributed by atoms with van der Waals surface area (Å²) in [4.78, 5) is 14.1. The van der Waals surface area contributed by atoms with Crippen LogP contribution in [0, 0.1) is 5.92 Å². The zero-order valence-electron chi connectivity index (χ0n) is 11.6. The van der Waals surface area contributed by atoms with E-state index in [4.69, 9.17) is 4.74 Å². The molecule has 1 aromatic carbocycles. The molecule has 1 N–H and O–H groups in total. The van der Waals surface area contributed by atoms with E-state index in [2.05, 4.69) is 20.6 Å². The van der Waals surface area contributed by atoms with Gasteiger partial charge in [0.1, 0.15) is 6.61 Å². The molecule has 2 heterocycles. The van der Waals surface area contributed by atoms with Crippen LogP contribution in [-0.2, 0) is 16.1 Å². The monoisotopic (exact) mass is 287 g/mol. The van der Waals surface area contributed by atoms with Crippen molar-refractivity contribution in [2.45, 2.75) is 19.4 Å². The average Bonchev–Trinajstić information content (AvgIpc) is 3.08. The normalized spacial score (nSPS) is 15.9. The third-order valence-corrected chi connectivity index (χ3v) is 3.67. The summed E-state index contributed by atoms with van der Waals surface area (Å²) in [6.45, 7) is 1.82. The van der Waals surface area contributed by atoms with Crippen molar-refractivity contribution in [1.29, 1.82) is 0 Å². The fourth-order valence-corrected chi connectivity index (χ4v) is 2.45. The summed E-state index contributed by atoms with van der Waals surface area (Å²) in [5.74, 6) is 0.426. The summed E-state index contributed by atoms with van der Waals surface area (Å²) in [6.07, 6.45) is 1.50. The van der Waals surface area contributed by atoms with Gasteiger partial charge in [-0.2, -0.15) is 5.21 Å². The predicted octanol–water partition coefficient (Wildman–Crippen LogP) is 1.16. The molecule has 3 rings (SSSR count). The molecule has 7 nitrogen and oxygen atoms in total. The van der Waals surface area contributed by atoms with Crippen LogP contribution in [0.4, 0.5) is 5.95 Å². The molecule has 0 unspecified atom stereocenters. The van der Waals surface area contributed by atoms with Crippen molar-refractivity contribution in [3.05, 3.63) is 35.9 Å². The lowest BCUT2D eigenvalue weighted by atomic mass is 9.97. The molecule has 0 amide bonds. The highest BCUT2D eigenvalue weighted by Crippen LogP contribution is 2.21. The molecule has 1 aliphatic rings. The molecular weight excluding hydrogens is 270 g/mol. The Morgan fingerprint density at radius 1 is 1.29 bits per heavy atom. The number of piperidine rings is 1. The molecule has 0 radical (unpaired) electrons. The molecule has 7 heteroatoms. The number of carbonyl (C=O) groups excluding carboxylic acids is 1. The fraction of sp³-hybridized carbons (Fsp3) is 0.429. The first-order chi connectivity index (χ1) is 10.3. The Labute approximate surface area is 122 Å². The molecule has 0 atom stereocenters. The number of anilines is 1. The number of benzene rings is 1. The summed E-state index contributed by atoms with van der Waals surface area (Å²) in [5, 5.41) is 13.9. The number of esters is 1. The van der Waals surface area contributed by atoms with Gasteiger partial charge in [-0.15, -0.1) is 5.10 Å². The van der Waals surface area contributed by atoms with Crippen molar-refractivity contribution < 1.29 is 9.53 Å². The van der Waals surface area contributed by atoms with Crippen LogP contribution in [0.15, 0.2) is 30.3 Å². The number of aromatic amines is 1. The Morgan fingerprint density at radius 3 is 2.71 bits per heavy atom. The number of H-pyrrole nitrogens is 1. The van der Waals surface area contributed by atoms with Crippen LogP contribution in [0.25, 0.3) is 0 Å². The molecule has 1 fully saturated rings. The number of nitrogens with one attached hydrogen (secondary N) is 1. The zero-order chi connectivity index (χ0) is 14.5. The van der Waals surface area contributed by atoms with E-state index in [1.165, 1.54) is 0 Å². The van der Waals surface area contributed by atoms with Gasteiger partial charge in [0.25, 0.3) is 5.95 Å². The van der Waals surface area contributed by atoms with Crippen LogP contribution in [0.2, 0.25) is 0 Å². The van der Waals surface area contributed by atoms with Gasteiger partial charge in [-0.05, 0) is 23.6 Å². The third kappa shape index (κ3) is 3.36. The molecule has 1 aliphatic heterocycles. The highest BCUT2D eigenvalue weighted by molar-refractivity contribution is 5.72. The van der Waals surface area contributed by atoms with Crippen LogP contribution in [0.1, 0.15) is 18.4 Å². The first-order valence-electron chi connectivity index (χ1n) is 7.02. The molecular formula is C14H17N5O2.